The highest BCUT2D eigenvalue weighted by atomic mass is 16.6. The maximum absolute atomic E-state index is 11.3. The van der Waals surface area contributed by atoms with Crippen molar-refractivity contribution in [1.29, 1.82) is 0 Å². The first kappa shape index (κ1) is 12.2. The number of phenols is 1. The van der Waals surface area contributed by atoms with Crippen LogP contribution in [-0.2, 0) is 0 Å². The van der Waals surface area contributed by atoms with Gasteiger partial charge < -0.3 is 5.11 Å². The van der Waals surface area contributed by atoms with Crippen LogP contribution in [0.5, 0.6) is 5.75 Å². The molecule has 0 unspecified atom stereocenters. The van der Waals surface area contributed by atoms with E-state index < -0.39 is 0 Å². The van der Waals surface area contributed by atoms with E-state index in [9.17, 15) is 15.2 Å². The summed E-state index contributed by atoms with van der Waals surface area (Å²) < 4.78 is 0. The standard InChI is InChI=1S/C16H11NO3/c18-13-8-5-12(6-9-13)16-14-4-2-1-3-11(14)7-10-15(16)17(19)20/h1-10,18H. The Kier molecular flexibility index (Phi) is 2.84. The summed E-state index contributed by atoms with van der Waals surface area (Å²) in [6, 6.07) is 17.2. The molecule has 1 N–H and O–H groups in total. The second kappa shape index (κ2) is 4.66. The number of nitro groups is 1. The summed E-state index contributed by atoms with van der Waals surface area (Å²) in [5, 5.41) is 22.4. The highest BCUT2D eigenvalue weighted by Crippen LogP contribution is 2.37. The quantitative estimate of drug-likeness (QED) is 0.560. The lowest BCUT2D eigenvalue weighted by molar-refractivity contribution is -0.384. The molecule has 20 heavy (non-hydrogen) atoms. The summed E-state index contributed by atoms with van der Waals surface area (Å²) >= 11 is 0. The molecule has 3 aromatic carbocycles. The zero-order valence-corrected chi connectivity index (χ0v) is 10.5. The topological polar surface area (TPSA) is 63.4 Å². The molecule has 0 heterocycles. The number of rotatable bonds is 2. The first-order valence-electron chi connectivity index (χ1n) is 6.12. The van der Waals surface area contributed by atoms with E-state index in [1.54, 1.807) is 18.2 Å². The molecule has 4 heteroatoms. The highest BCUT2D eigenvalue weighted by molar-refractivity contribution is 6.01. The number of nitro benzene ring substituents is 1. The van der Waals surface area contributed by atoms with Crippen LogP contribution >= 0.6 is 0 Å². The lowest BCUT2D eigenvalue weighted by Crippen LogP contribution is -1.93. The van der Waals surface area contributed by atoms with Crippen LogP contribution in [0.3, 0.4) is 0 Å². The van der Waals surface area contributed by atoms with E-state index in [2.05, 4.69) is 0 Å². The minimum absolute atomic E-state index is 0.0642. The van der Waals surface area contributed by atoms with Gasteiger partial charge in [0.25, 0.3) is 5.69 Å². The van der Waals surface area contributed by atoms with Crippen LogP contribution in [0.15, 0.2) is 60.7 Å². The van der Waals surface area contributed by atoms with Gasteiger partial charge in [-0.2, -0.15) is 0 Å². The van der Waals surface area contributed by atoms with Gasteiger partial charge in [0.2, 0.25) is 0 Å². The molecule has 0 aromatic heterocycles. The van der Waals surface area contributed by atoms with E-state index in [1.807, 2.05) is 24.3 Å². The normalized spacial score (nSPS) is 10.6. The second-order valence-electron chi connectivity index (χ2n) is 4.48. The van der Waals surface area contributed by atoms with Crippen molar-refractivity contribution in [3.8, 4) is 16.9 Å². The monoisotopic (exact) mass is 265 g/mol. The minimum atomic E-state index is -0.380. The summed E-state index contributed by atoms with van der Waals surface area (Å²) in [5.41, 5.74) is 1.36. The van der Waals surface area contributed by atoms with Gasteiger partial charge in [-0.25, -0.2) is 0 Å². The number of nitrogens with zero attached hydrogens (tertiary/aromatic N) is 1. The van der Waals surface area contributed by atoms with E-state index >= 15 is 0 Å². The molecule has 98 valence electrons. The van der Waals surface area contributed by atoms with E-state index in [-0.39, 0.29) is 16.4 Å². The summed E-state index contributed by atoms with van der Waals surface area (Å²) in [7, 11) is 0. The van der Waals surface area contributed by atoms with Crippen molar-refractivity contribution in [2.24, 2.45) is 0 Å². The third-order valence-electron chi connectivity index (χ3n) is 3.26. The lowest BCUT2D eigenvalue weighted by atomic mass is 9.96. The predicted molar refractivity (Wildman–Crippen MR) is 77.7 cm³/mol. The van der Waals surface area contributed by atoms with Crippen LogP contribution in [0, 0.1) is 10.1 Å². The first-order valence-corrected chi connectivity index (χ1v) is 6.12. The van der Waals surface area contributed by atoms with Crippen LogP contribution in [0.25, 0.3) is 21.9 Å². The van der Waals surface area contributed by atoms with E-state index in [4.69, 9.17) is 0 Å². The molecule has 0 radical (unpaired) electrons. The van der Waals surface area contributed by atoms with Gasteiger partial charge >= 0.3 is 0 Å². The number of fused-ring (bicyclic) bond motifs is 1. The number of benzene rings is 3. The van der Waals surface area contributed by atoms with Crippen LogP contribution < -0.4 is 0 Å². The Morgan fingerprint density at radius 3 is 2.30 bits per heavy atom. The van der Waals surface area contributed by atoms with Crippen molar-refractivity contribution in [2.45, 2.75) is 0 Å². The Bertz CT molecular complexity index is 794. The molecular weight excluding hydrogens is 254 g/mol. The SMILES string of the molecule is O=[N+]([O-])c1ccc2ccccc2c1-c1ccc(O)cc1. The number of hydrogen-bond acceptors (Lipinski definition) is 3. The molecule has 0 saturated carbocycles. The number of phenolic OH excluding ortho intramolecular Hbond substituents is 1. The maximum Gasteiger partial charge on any atom is 0.277 e. The predicted octanol–water partition coefficient (Wildman–Crippen LogP) is 4.12. The summed E-state index contributed by atoms with van der Waals surface area (Å²) in [4.78, 5) is 10.9. The molecular formula is C16H11NO3. The average molecular weight is 265 g/mol. The maximum atomic E-state index is 11.3. The second-order valence-corrected chi connectivity index (χ2v) is 4.48. The fourth-order valence-electron chi connectivity index (χ4n) is 2.34. The minimum Gasteiger partial charge on any atom is -0.508 e. The van der Waals surface area contributed by atoms with Crippen molar-refractivity contribution < 1.29 is 10.0 Å². The molecule has 3 aromatic rings. The van der Waals surface area contributed by atoms with Crippen LogP contribution in [0.4, 0.5) is 5.69 Å². The molecule has 0 atom stereocenters. The Labute approximate surface area is 115 Å². The number of aromatic hydroxyl groups is 1. The molecule has 0 saturated heterocycles. The van der Waals surface area contributed by atoms with Gasteiger partial charge in [-0.05, 0) is 34.5 Å². The molecule has 0 amide bonds. The molecule has 0 aliphatic carbocycles. The molecule has 4 nitrogen and oxygen atoms in total. The van der Waals surface area contributed by atoms with Crippen LogP contribution in [0.2, 0.25) is 0 Å². The largest absolute Gasteiger partial charge is 0.508 e. The van der Waals surface area contributed by atoms with Crippen LogP contribution in [0.1, 0.15) is 0 Å². The van der Waals surface area contributed by atoms with E-state index in [0.717, 1.165) is 10.8 Å². The van der Waals surface area contributed by atoms with Gasteiger partial charge in [-0.1, -0.05) is 36.4 Å². The van der Waals surface area contributed by atoms with Gasteiger partial charge in [0.05, 0.1) is 10.5 Å². The Morgan fingerprint density at radius 2 is 1.60 bits per heavy atom. The van der Waals surface area contributed by atoms with Gasteiger partial charge in [0, 0.05) is 6.07 Å². The van der Waals surface area contributed by atoms with Crippen molar-refractivity contribution in [3.05, 3.63) is 70.8 Å². The summed E-state index contributed by atoms with van der Waals surface area (Å²) in [6.45, 7) is 0. The highest BCUT2D eigenvalue weighted by Gasteiger charge is 2.18. The van der Waals surface area contributed by atoms with Crippen molar-refractivity contribution >= 4 is 16.5 Å². The van der Waals surface area contributed by atoms with E-state index in [1.165, 1.54) is 18.2 Å². The van der Waals surface area contributed by atoms with Crippen molar-refractivity contribution in [2.75, 3.05) is 0 Å². The van der Waals surface area contributed by atoms with Crippen molar-refractivity contribution in [3.63, 3.8) is 0 Å². The van der Waals surface area contributed by atoms with Crippen LogP contribution in [-0.4, -0.2) is 10.0 Å². The summed E-state index contributed by atoms with van der Waals surface area (Å²) in [6.07, 6.45) is 0. The molecule has 0 aliphatic heterocycles. The first-order chi connectivity index (χ1) is 9.66. The third kappa shape index (κ3) is 1.97. The van der Waals surface area contributed by atoms with Gasteiger partial charge in [0.1, 0.15) is 5.75 Å². The molecule has 0 spiro atoms. The van der Waals surface area contributed by atoms with Crippen molar-refractivity contribution in [1.82, 2.24) is 0 Å². The Morgan fingerprint density at radius 1 is 0.900 bits per heavy atom. The Hall–Kier alpha value is -2.88. The molecule has 0 bridgehead atoms. The van der Waals surface area contributed by atoms with Gasteiger partial charge in [-0.3, -0.25) is 10.1 Å². The Balaban J connectivity index is 2.38. The molecule has 0 fully saturated rings. The number of hydrogen-bond donors (Lipinski definition) is 1. The molecule has 3 rings (SSSR count). The van der Waals surface area contributed by atoms with Gasteiger partial charge in [-0.15, -0.1) is 0 Å². The summed E-state index contributed by atoms with van der Waals surface area (Å²) in [5.74, 6) is 0.136. The fourth-order valence-corrected chi connectivity index (χ4v) is 2.34. The fraction of sp³-hybridized carbons (Fsp3) is 0. The third-order valence-corrected chi connectivity index (χ3v) is 3.26. The average Bonchev–Trinajstić information content (AvgIpc) is 2.47. The smallest absolute Gasteiger partial charge is 0.277 e. The molecule has 0 aliphatic rings. The zero-order chi connectivity index (χ0) is 14.1. The van der Waals surface area contributed by atoms with Gasteiger partial charge in [0.15, 0.2) is 0 Å². The lowest BCUT2D eigenvalue weighted by Gasteiger charge is -2.08. The zero-order valence-electron chi connectivity index (χ0n) is 10.5. The van der Waals surface area contributed by atoms with E-state index in [0.29, 0.717) is 11.1 Å².